The second kappa shape index (κ2) is 7.01. The minimum absolute atomic E-state index is 0.0197. The van der Waals surface area contributed by atoms with E-state index in [1.807, 2.05) is 4.90 Å². The van der Waals surface area contributed by atoms with Crippen LogP contribution in [-0.2, 0) is 9.59 Å². The van der Waals surface area contributed by atoms with Gasteiger partial charge in [-0.25, -0.2) is 5.43 Å². The zero-order chi connectivity index (χ0) is 17.4. The molecular formula is C17H22BrN5O2. The summed E-state index contributed by atoms with van der Waals surface area (Å²) in [6.07, 6.45) is 6.76. The number of likely N-dealkylation sites (tertiary alicyclic amines) is 1. The van der Waals surface area contributed by atoms with Gasteiger partial charge in [0.15, 0.2) is 0 Å². The Labute approximate surface area is 155 Å². The van der Waals surface area contributed by atoms with Gasteiger partial charge in [-0.3, -0.25) is 20.0 Å². The molecule has 3 N–H and O–H groups in total. The first-order chi connectivity index (χ1) is 12.1. The molecule has 1 aliphatic carbocycles. The molecule has 2 saturated heterocycles. The van der Waals surface area contributed by atoms with Gasteiger partial charge < -0.3 is 10.2 Å². The molecule has 134 valence electrons. The van der Waals surface area contributed by atoms with E-state index < -0.39 is 0 Å². The topological polar surface area (TPSA) is 86.4 Å². The third-order valence-corrected chi connectivity index (χ3v) is 6.29. The van der Waals surface area contributed by atoms with Gasteiger partial charge in [0.25, 0.3) is 0 Å². The van der Waals surface area contributed by atoms with Gasteiger partial charge in [0.1, 0.15) is 0 Å². The van der Waals surface area contributed by atoms with Crippen LogP contribution >= 0.6 is 15.9 Å². The number of anilines is 1. The number of carbonyl (C=O) groups excluding carboxylic acids is 2. The Hall–Kier alpha value is -1.51. The van der Waals surface area contributed by atoms with E-state index in [0.717, 1.165) is 19.3 Å². The van der Waals surface area contributed by atoms with Crippen molar-refractivity contribution in [2.45, 2.75) is 42.7 Å². The van der Waals surface area contributed by atoms with Crippen LogP contribution in [0, 0.1) is 11.8 Å². The van der Waals surface area contributed by atoms with Gasteiger partial charge in [0.05, 0.1) is 24.0 Å². The van der Waals surface area contributed by atoms with Crippen LogP contribution < -0.4 is 16.2 Å². The second-order valence-electron chi connectivity index (χ2n) is 7.09. The normalized spacial score (nSPS) is 34.8. The molecule has 0 radical (unpaired) electrons. The van der Waals surface area contributed by atoms with Crippen LogP contribution in [0.15, 0.2) is 24.5 Å². The lowest BCUT2D eigenvalue weighted by atomic mass is 9.84. The molecule has 3 fully saturated rings. The lowest BCUT2D eigenvalue weighted by Crippen LogP contribution is -2.48. The number of alkyl halides is 1. The number of fused-ring (bicyclic) bond motifs is 1. The standard InChI is InChI=1S/C17H22BrN5O2/c18-11-3-4-13-14(7-11)21-22-16(13)23-9-10(6-15(23)24)17(25)20-12-2-1-5-19-8-12/h1-2,5,8,10-11,13-14,16,21-22H,3-4,6-7,9H2,(H,20,25). The third kappa shape index (κ3) is 3.43. The third-order valence-electron chi connectivity index (χ3n) is 5.46. The fraction of sp³-hybridized carbons (Fsp3) is 0.588. The summed E-state index contributed by atoms with van der Waals surface area (Å²) in [5.74, 6) is 0.0155. The number of nitrogens with zero attached hydrogens (tertiary/aromatic N) is 2. The van der Waals surface area contributed by atoms with E-state index >= 15 is 0 Å². The molecule has 1 saturated carbocycles. The molecule has 2 aliphatic heterocycles. The van der Waals surface area contributed by atoms with Crippen molar-refractivity contribution in [3.8, 4) is 0 Å². The molecule has 1 aromatic heterocycles. The maximum Gasteiger partial charge on any atom is 0.229 e. The zero-order valence-corrected chi connectivity index (χ0v) is 15.4. The monoisotopic (exact) mass is 407 g/mol. The van der Waals surface area contributed by atoms with Crippen LogP contribution in [0.5, 0.6) is 0 Å². The molecule has 0 aromatic carbocycles. The van der Waals surface area contributed by atoms with Crippen molar-refractivity contribution in [1.29, 1.82) is 0 Å². The van der Waals surface area contributed by atoms with Crippen molar-refractivity contribution in [2.75, 3.05) is 11.9 Å². The predicted octanol–water partition coefficient (Wildman–Crippen LogP) is 1.23. The van der Waals surface area contributed by atoms with Gasteiger partial charge in [-0.2, -0.15) is 0 Å². The molecule has 25 heavy (non-hydrogen) atoms. The maximum absolute atomic E-state index is 12.5. The summed E-state index contributed by atoms with van der Waals surface area (Å²) in [6.45, 7) is 0.464. The van der Waals surface area contributed by atoms with E-state index in [2.05, 4.69) is 37.1 Å². The van der Waals surface area contributed by atoms with E-state index in [-0.39, 0.29) is 30.3 Å². The molecule has 1 aromatic rings. The molecule has 5 atom stereocenters. The number of amides is 2. The summed E-state index contributed by atoms with van der Waals surface area (Å²) in [6, 6.07) is 3.95. The van der Waals surface area contributed by atoms with Crippen molar-refractivity contribution < 1.29 is 9.59 Å². The number of hydrogen-bond donors (Lipinski definition) is 3. The Morgan fingerprint density at radius 3 is 3.04 bits per heavy atom. The van der Waals surface area contributed by atoms with Crippen LogP contribution in [-0.4, -0.2) is 45.3 Å². The van der Waals surface area contributed by atoms with E-state index in [9.17, 15) is 9.59 Å². The number of rotatable bonds is 3. The Morgan fingerprint density at radius 1 is 1.36 bits per heavy atom. The van der Waals surface area contributed by atoms with Crippen molar-refractivity contribution in [1.82, 2.24) is 20.7 Å². The summed E-state index contributed by atoms with van der Waals surface area (Å²) >= 11 is 3.69. The van der Waals surface area contributed by atoms with Crippen molar-refractivity contribution >= 4 is 33.4 Å². The Bertz CT molecular complexity index is 658. The summed E-state index contributed by atoms with van der Waals surface area (Å²) in [7, 11) is 0. The highest BCUT2D eigenvalue weighted by molar-refractivity contribution is 9.09. The average molecular weight is 408 g/mol. The Kier molecular flexibility index (Phi) is 4.75. The summed E-state index contributed by atoms with van der Waals surface area (Å²) in [5.41, 5.74) is 7.29. The molecule has 4 rings (SSSR count). The Morgan fingerprint density at radius 2 is 2.24 bits per heavy atom. The first-order valence-electron chi connectivity index (χ1n) is 8.77. The molecular weight excluding hydrogens is 386 g/mol. The fourth-order valence-corrected chi connectivity index (χ4v) is 4.82. The van der Waals surface area contributed by atoms with Crippen molar-refractivity contribution in [3.05, 3.63) is 24.5 Å². The molecule has 0 bridgehead atoms. The summed E-state index contributed by atoms with van der Waals surface area (Å²) in [5, 5.41) is 2.86. The van der Waals surface area contributed by atoms with Crippen LogP contribution in [0.2, 0.25) is 0 Å². The fourth-order valence-electron chi connectivity index (χ4n) is 4.15. The van der Waals surface area contributed by atoms with E-state index in [4.69, 9.17) is 0 Å². The van der Waals surface area contributed by atoms with Crippen LogP contribution in [0.25, 0.3) is 0 Å². The zero-order valence-electron chi connectivity index (χ0n) is 13.8. The smallest absolute Gasteiger partial charge is 0.229 e. The molecule has 3 heterocycles. The van der Waals surface area contributed by atoms with Gasteiger partial charge in [-0.1, -0.05) is 15.9 Å². The van der Waals surface area contributed by atoms with Gasteiger partial charge >= 0.3 is 0 Å². The first-order valence-corrected chi connectivity index (χ1v) is 9.69. The number of halogens is 1. The van der Waals surface area contributed by atoms with Gasteiger partial charge in [-0.05, 0) is 31.4 Å². The van der Waals surface area contributed by atoms with Crippen molar-refractivity contribution in [2.24, 2.45) is 11.8 Å². The highest BCUT2D eigenvalue weighted by Gasteiger charge is 2.47. The number of hydrogen-bond acceptors (Lipinski definition) is 5. The van der Waals surface area contributed by atoms with Crippen LogP contribution in [0.3, 0.4) is 0 Å². The number of carbonyl (C=O) groups is 2. The highest BCUT2D eigenvalue weighted by Crippen LogP contribution is 2.36. The van der Waals surface area contributed by atoms with E-state index in [1.54, 1.807) is 24.5 Å². The first kappa shape index (κ1) is 16.9. The molecule has 7 nitrogen and oxygen atoms in total. The number of pyridine rings is 1. The predicted molar refractivity (Wildman–Crippen MR) is 96.6 cm³/mol. The van der Waals surface area contributed by atoms with Gasteiger partial charge in [0.2, 0.25) is 11.8 Å². The molecule has 8 heteroatoms. The summed E-state index contributed by atoms with van der Waals surface area (Å²) < 4.78 is 0. The average Bonchev–Trinajstić information content (AvgIpc) is 3.18. The molecule has 0 spiro atoms. The Balaban J connectivity index is 1.40. The van der Waals surface area contributed by atoms with E-state index in [0.29, 0.717) is 29.0 Å². The minimum atomic E-state index is -0.318. The van der Waals surface area contributed by atoms with Crippen molar-refractivity contribution in [3.63, 3.8) is 0 Å². The number of hydrazine groups is 1. The minimum Gasteiger partial charge on any atom is -0.325 e. The SMILES string of the molecule is O=C(Nc1cccnc1)C1CC(=O)N(C2NNC3CC(Br)CCC32)C1. The second-order valence-corrected chi connectivity index (χ2v) is 8.39. The van der Waals surface area contributed by atoms with Crippen LogP contribution in [0.4, 0.5) is 5.69 Å². The lowest BCUT2D eigenvalue weighted by molar-refractivity contribution is -0.131. The summed E-state index contributed by atoms with van der Waals surface area (Å²) in [4.78, 5) is 31.4. The number of aromatic nitrogens is 1. The van der Waals surface area contributed by atoms with Gasteiger partial charge in [0, 0.05) is 35.9 Å². The number of nitrogens with one attached hydrogen (secondary N) is 3. The quantitative estimate of drug-likeness (QED) is 0.656. The van der Waals surface area contributed by atoms with Gasteiger partial charge in [-0.15, -0.1) is 0 Å². The van der Waals surface area contributed by atoms with E-state index in [1.165, 1.54) is 0 Å². The lowest BCUT2D eigenvalue weighted by Gasteiger charge is -2.34. The highest BCUT2D eigenvalue weighted by atomic mass is 79.9. The molecule has 5 unspecified atom stereocenters. The molecule has 3 aliphatic rings. The van der Waals surface area contributed by atoms with Crippen LogP contribution in [0.1, 0.15) is 25.7 Å². The maximum atomic E-state index is 12.5. The molecule has 2 amide bonds. The largest absolute Gasteiger partial charge is 0.325 e.